The number of ether oxygens (including phenoxy) is 1. The van der Waals surface area contributed by atoms with Crippen molar-refractivity contribution in [1.29, 1.82) is 0 Å². The number of esters is 1. The van der Waals surface area contributed by atoms with Crippen LogP contribution in [-0.4, -0.2) is 56.7 Å². The topological polar surface area (TPSA) is 122 Å². The average molecular weight is 488 g/mol. The molecule has 0 aromatic heterocycles. The highest BCUT2D eigenvalue weighted by molar-refractivity contribution is 7.89. The molecule has 0 bridgehead atoms. The van der Waals surface area contributed by atoms with Crippen molar-refractivity contribution in [3.05, 3.63) is 59.7 Å². The lowest BCUT2D eigenvalue weighted by Crippen LogP contribution is -2.32. The Kier molecular flexibility index (Phi) is 8.78. The van der Waals surface area contributed by atoms with Gasteiger partial charge in [0.05, 0.1) is 10.5 Å². The van der Waals surface area contributed by atoms with Gasteiger partial charge >= 0.3 is 5.97 Å². The van der Waals surface area contributed by atoms with E-state index in [0.29, 0.717) is 30.9 Å². The number of carbonyl (C=O) groups excluding carboxylic acids is 3. The van der Waals surface area contributed by atoms with Gasteiger partial charge in [0, 0.05) is 30.9 Å². The highest BCUT2D eigenvalue weighted by Crippen LogP contribution is 2.21. The fourth-order valence-corrected chi connectivity index (χ4v) is 5.19. The first-order chi connectivity index (χ1) is 16.3. The zero-order valence-electron chi connectivity index (χ0n) is 19.1. The molecule has 0 atom stereocenters. The van der Waals surface area contributed by atoms with Crippen LogP contribution in [0.15, 0.2) is 53.4 Å². The van der Waals surface area contributed by atoms with E-state index >= 15 is 0 Å². The normalized spacial score (nSPS) is 14.6. The monoisotopic (exact) mass is 487 g/mol. The summed E-state index contributed by atoms with van der Waals surface area (Å²) in [4.78, 5) is 36.6. The van der Waals surface area contributed by atoms with Gasteiger partial charge in [0.15, 0.2) is 6.61 Å². The van der Waals surface area contributed by atoms with Crippen LogP contribution < -0.4 is 10.6 Å². The predicted molar refractivity (Wildman–Crippen MR) is 127 cm³/mol. The maximum Gasteiger partial charge on any atom is 0.338 e. The summed E-state index contributed by atoms with van der Waals surface area (Å²) in [5.74, 6) is -1.66. The summed E-state index contributed by atoms with van der Waals surface area (Å²) in [5.41, 5.74) is 0.816. The Balaban J connectivity index is 1.60. The quantitative estimate of drug-likeness (QED) is 0.552. The molecule has 2 amide bonds. The van der Waals surface area contributed by atoms with Gasteiger partial charge in [-0.3, -0.25) is 9.59 Å². The lowest BCUT2D eigenvalue weighted by atomic mass is 10.2. The molecule has 1 aliphatic rings. The number of carbonyl (C=O) groups is 3. The van der Waals surface area contributed by atoms with E-state index in [0.717, 1.165) is 25.7 Å². The zero-order valence-corrected chi connectivity index (χ0v) is 19.9. The molecule has 2 aromatic carbocycles. The van der Waals surface area contributed by atoms with E-state index in [1.54, 1.807) is 25.1 Å². The van der Waals surface area contributed by atoms with Gasteiger partial charge in [0.25, 0.3) is 11.8 Å². The Morgan fingerprint density at radius 1 is 0.941 bits per heavy atom. The van der Waals surface area contributed by atoms with Crippen molar-refractivity contribution in [3.63, 3.8) is 0 Å². The lowest BCUT2D eigenvalue weighted by molar-refractivity contribution is -0.119. The minimum Gasteiger partial charge on any atom is -0.452 e. The van der Waals surface area contributed by atoms with Crippen molar-refractivity contribution in [2.75, 3.05) is 31.6 Å². The van der Waals surface area contributed by atoms with E-state index in [-0.39, 0.29) is 16.4 Å². The Morgan fingerprint density at radius 2 is 1.62 bits per heavy atom. The minimum absolute atomic E-state index is 0.0236. The molecule has 1 fully saturated rings. The average Bonchev–Trinajstić information content (AvgIpc) is 3.13. The van der Waals surface area contributed by atoms with E-state index < -0.39 is 28.5 Å². The van der Waals surface area contributed by atoms with E-state index in [1.165, 1.54) is 34.6 Å². The van der Waals surface area contributed by atoms with Crippen LogP contribution >= 0.6 is 0 Å². The SMILES string of the molecule is CCNC(=O)c1cccc(NC(=O)COC(=O)c2cccc(S(=O)(=O)N3CCCCCC3)c2)c1. The summed E-state index contributed by atoms with van der Waals surface area (Å²) in [5, 5.41) is 5.24. The van der Waals surface area contributed by atoms with Crippen molar-refractivity contribution in [2.24, 2.45) is 0 Å². The molecule has 1 heterocycles. The second-order valence-corrected chi connectivity index (χ2v) is 9.85. The molecular weight excluding hydrogens is 458 g/mol. The minimum atomic E-state index is -3.72. The molecule has 182 valence electrons. The maximum atomic E-state index is 13.0. The molecular formula is C24H29N3O6S. The largest absolute Gasteiger partial charge is 0.452 e. The van der Waals surface area contributed by atoms with Crippen LogP contribution in [0.3, 0.4) is 0 Å². The first-order valence-corrected chi connectivity index (χ1v) is 12.7. The molecule has 1 aliphatic heterocycles. The zero-order chi connectivity index (χ0) is 24.6. The molecule has 1 saturated heterocycles. The predicted octanol–water partition coefficient (Wildman–Crippen LogP) is 2.80. The molecule has 2 N–H and O–H groups in total. The third kappa shape index (κ3) is 6.64. The Labute approximate surface area is 199 Å². The smallest absolute Gasteiger partial charge is 0.338 e. The van der Waals surface area contributed by atoms with E-state index in [1.807, 2.05) is 0 Å². The van der Waals surface area contributed by atoms with Gasteiger partial charge in [-0.1, -0.05) is 25.0 Å². The highest BCUT2D eigenvalue weighted by Gasteiger charge is 2.26. The third-order valence-electron chi connectivity index (χ3n) is 5.35. The molecule has 10 heteroatoms. The summed E-state index contributed by atoms with van der Waals surface area (Å²) in [7, 11) is -3.72. The number of hydrogen-bond donors (Lipinski definition) is 2. The summed E-state index contributed by atoms with van der Waals surface area (Å²) in [6.07, 6.45) is 3.61. The highest BCUT2D eigenvalue weighted by atomic mass is 32.2. The summed E-state index contributed by atoms with van der Waals surface area (Å²) in [6.45, 7) is 2.63. The summed E-state index contributed by atoms with van der Waals surface area (Å²) in [6, 6.07) is 12.0. The van der Waals surface area contributed by atoms with E-state index in [2.05, 4.69) is 10.6 Å². The van der Waals surface area contributed by atoms with Gasteiger partial charge < -0.3 is 15.4 Å². The summed E-state index contributed by atoms with van der Waals surface area (Å²) < 4.78 is 32.5. The first-order valence-electron chi connectivity index (χ1n) is 11.3. The number of nitrogens with one attached hydrogen (secondary N) is 2. The van der Waals surface area contributed by atoms with Crippen molar-refractivity contribution in [1.82, 2.24) is 9.62 Å². The molecule has 2 aromatic rings. The number of nitrogens with zero attached hydrogens (tertiary/aromatic N) is 1. The van der Waals surface area contributed by atoms with Gasteiger partial charge in [-0.25, -0.2) is 13.2 Å². The molecule has 0 radical (unpaired) electrons. The number of hydrogen-bond acceptors (Lipinski definition) is 6. The Hall–Kier alpha value is -3.24. The van der Waals surface area contributed by atoms with Crippen LogP contribution in [0.5, 0.6) is 0 Å². The fourth-order valence-electron chi connectivity index (χ4n) is 3.63. The van der Waals surface area contributed by atoms with Crippen molar-refractivity contribution in [3.8, 4) is 0 Å². The van der Waals surface area contributed by atoms with Gasteiger partial charge in [-0.15, -0.1) is 0 Å². The number of rotatable bonds is 8. The van der Waals surface area contributed by atoms with Crippen LogP contribution in [0, 0.1) is 0 Å². The van der Waals surface area contributed by atoms with Crippen molar-refractivity contribution < 1.29 is 27.5 Å². The Bertz CT molecular complexity index is 1140. The maximum absolute atomic E-state index is 13.0. The standard InChI is InChI=1S/C24H29N3O6S/c1-2-25-23(29)18-9-7-11-20(15-18)26-22(28)17-33-24(30)19-10-8-12-21(16-19)34(31,32)27-13-5-3-4-6-14-27/h7-12,15-16H,2-6,13-14,17H2,1H3,(H,25,29)(H,26,28). The van der Waals surface area contributed by atoms with Crippen molar-refractivity contribution >= 4 is 33.5 Å². The summed E-state index contributed by atoms with van der Waals surface area (Å²) >= 11 is 0. The fraction of sp³-hybridized carbons (Fsp3) is 0.375. The van der Waals surface area contributed by atoms with Gasteiger partial charge in [-0.2, -0.15) is 4.31 Å². The number of anilines is 1. The number of sulfonamides is 1. The van der Waals surface area contributed by atoms with Crippen LogP contribution in [0.25, 0.3) is 0 Å². The van der Waals surface area contributed by atoms with Crippen LogP contribution in [0.2, 0.25) is 0 Å². The lowest BCUT2D eigenvalue weighted by Gasteiger charge is -2.20. The Morgan fingerprint density at radius 3 is 2.32 bits per heavy atom. The number of benzene rings is 2. The van der Waals surface area contributed by atoms with E-state index in [9.17, 15) is 22.8 Å². The van der Waals surface area contributed by atoms with E-state index in [4.69, 9.17) is 4.74 Å². The van der Waals surface area contributed by atoms with Gasteiger partial charge in [0.1, 0.15) is 0 Å². The van der Waals surface area contributed by atoms with Crippen LogP contribution in [0.1, 0.15) is 53.3 Å². The molecule has 0 spiro atoms. The van der Waals surface area contributed by atoms with Crippen molar-refractivity contribution in [2.45, 2.75) is 37.5 Å². The van der Waals surface area contributed by atoms with Crippen LogP contribution in [0.4, 0.5) is 5.69 Å². The second-order valence-electron chi connectivity index (χ2n) is 7.91. The van der Waals surface area contributed by atoms with Crippen LogP contribution in [-0.2, 0) is 19.6 Å². The molecule has 34 heavy (non-hydrogen) atoms. The molecule has 3 rings (SSSR count). The first kappa shape index (κ1) is 25.4. The third-order valence-corrected chi connectivity index (χ3v) is 7.25. The molecule has 9 nitrogen and oxygen atoms in total. The molecule has 0 unspecified atom stereocenters. The molecule has 0 aliphatic carbocycles. The van der Waals surface area contributed by atoms with Gasteiger partial charge in [0.2, 0.25) is 10.0 Å². The second kappa shape index (κ2) is 11.8. The number of amides is 2. The molecule has 0 saturated carbocycles. The van der Waals surface area contributed by atoms with Gasteiger partial charge in [-0.05, 0) is 56.2 Å².